The fraction of sp³-hybridized carbons (Fsp3) is 0.500. The van der Waals surface area contributed by atoms with E-state index in [4.69, 9.17) is 23.2 Å². The van der Waals surface area contributed by atoms with E-state index < -0.39 is 0 Å². The second-order valence-electron chi connectivity index (χ2n) is 4.57. The number of carbonyl (C=O) groups is 2. The van der Waals surface area contributed by atoms with Crippen LogP contribution >= 0.6 is 35.6 Å². The summed E-state index contributed by atoms with van der Waals surface area (Å²) in [5.41, 5.74) is 1.95. The van der Waals surface area contributed by atoms with Gasteiger partial charge in [-0.25, -0.2) is 4.98 Å². The third-order valence-corrected chi connectivity index (χ3v) is 2.91. The maximum Gasteiger partial charge on any atom is 0.305 e. The SMILES string of the molecule is COC(=O)CCC1=CCC=N1.COC(=O)CCc1cnc[nH]1.Cl.ClCCl. The number of halogens is 3. The minimum Gasteiger partial charge on any atom is -0.469 e. The molecular formula is C16H24Cl3N3O4. The molecule has 1 aromatic heterocycles. The number of alkyl halides is 2. The summed E-state index contributed by atoms with van der Waals surface area (Å²) in [6.07, 6.45) is 10.2. The summed E-state index contributed by atoms with van der Waals surface area (Å²) >= 11 is 9.53. The number of hydrogen-bond acceptors (Lipinski definition) is 6. The van der Waals surface area contributed by atoms with Crippen molar-refractivity contribution < 1.29 is 19.1 Å². The van der Waals surface area contributed by atoms with Gasteiger partial charge >= 0.3 is 11.9 Å². The molecule has 0 atom stereocenters. The van der Waals surface area contributed by atoms with Gasteiger partial charge in [0.05, 0.1) is 38.7 Å². The molecule has 1 N–H and O–H groups in total. The van der Waals surface area contributed by atoms with Crippen molar-refractivity contribution in [2.45, 2.75) is 32.1 Å². The van der Waals surface area contributed by atoms with E-state index in [0.29, 0.717) is 25.7 Å². The monoisotopic (exact) mass is 427 g/mol. The van der Waals surface area contributed by atoms with Crippen molar-refractivity contribution in [3.63, 3.8) is 0 Å². The lowest BCUT2D eigenvalue weighted by Crippen LogP contribution is -2.01. The van der Waals surface area contributed by atoms with Gasteiger partial charge in [-0.2, -0.15) is 0 Å². The predicted molar refractivity (Wildman–Crippen MR) is 105 cm³/mol. The number of aryl methyl sites for hydroxylation is 1. The Morgan fingerprint density at radius 1 is 1.15 bits per heavy atom. The molecule has 26 heavy (non-hydrogen) atoms. The molecule has 0 radical (unpaired) electrons. The molecule has 1 aromatic rings. The van der Waals surface area contributed by atoms with Crippen molar-refractivity contribution in [2.24, 2.45) is 4.99 Å². The minimum atomic E-state index is -0.195. The maximum absolute atomic E-state index is 10.7. The minimum absolute atomic E-state index is 0. The molecule has 0 aliphatic carbocycles. The van der Waals surface area contributed by atoms with Gasteiger partial charge in [-0.05, 0) is 12.8 Å². The number of methoxy groups -OCH3 is 2. The second kappa shape index (κ2) is 18.2. The molecule has 0 unspecified atom stereocenters. The zero-order chi connectivity index (χ0) is 18.9. The highest BCUT2D eigenvalue weighted by Gasteiger charge is 2.04. The second-order valence-corrected chi connectivity index (χ2v) is 5.38. The third-order valence-electron chi connectivity index (χ3n) is 2.91. The van der Waals surface area contributed by atoms with Crippen LogP contribution in [0.2, 0.25) is 0 Å². The van der Waals surface area contributed by atoms with E-state index in [9.17, 15) is 9.59 Å². The van der Waals surface area contributed by atoms with Crippen LogP contribution in [0.15, 0.2) is 29.3 Å². The first kappa shape index (κ1) is 26.7. The van der Waals surface area contributed by atoms with Crippen molar-refractivity contribution >= 4 is 53.8 Å². The molecule has 0 amide bonds. The first-order valence-electron chi connectivity index (χ1n) is 7.51. The zero-order valence-electron chi connectivity index (χ0n) is 14.7. The van der Waals surface area contributed by atoms with E-state index in [1.54, 1.807) is 12.5 Å². The smallest absolute Gasteiger partial charge is 0.305 e. The average molecular weight is 429 g/mol. The Morgan fingerprint density at radius 2 is 1.73 bits per heavy atom. The summed E-state index contributed by atoms with van der Waals surface area (Å²) < 4.78 is 8.97. The Morgan fingerprint density at radius 3 is 2.15 bits per heavy atom. The van der Waals surface area contributed by atoms with Crippen LogP contribution in [0.25, 0.3) is 0 Å². The summed E-state index contributed by atoms with van der Waals surface area (Å²) in [6.45, 7) is 0. The molecule has 1 aliphatic rings. The summed E-state index contributed by atoms with van der Waals surface area (Å²) in [7, 11) is 2.78. The van der Waals surface area contributed by atoms with Crippen LogP contribution in [0.5, 0.6) is 0 Å². The number of ether oxygens (including phenoxy) is 2. The Kier molecular flexibility index (Phi) is 18.7. The fourth-order valence-corrected chi connectivity index (χ4v) is 1.67. The highest BCUT2D eigenvalue weighted by Crippen LogP contribution is 2.11. The number of nitrogens with one attached hydrogen (secondary N) is 1. The van der Waals surface area contributed by atoms with Crippen molar-refractivity contribution in [3.8, 4) is 0 Å². The molecule has 2 heterocycles. The molecule has 10 heteroatoms. The lowest BCUT2D eigenvalue weighted by atomic mass is 10.2. The number of rotatable bonds is 6. The molecule has 0 fully saturated rings. The highest BCUT2D eigenvalue weighted by atomic mass is 35.5. The number of imidazole rings is 1. The van der Waals surface area contributed by atoms with Crippen LogP contribution in [0.1, 0.15) is 31.4 Å². The van der Waals surface area contributed by atoms with Gasteiger partial charge in [-0.15, -0.1) is 35.6 Å². The molecule has 2 rings (SSSR count). The Labute approximate surface area is 169 Å². The maximum atomic E-state index is 10.7. The van der Waals surface area contributed by atoms with Gasteiger partial charge in [0.1, 0.15) is 0 Å². The number of carbonyl (C=O) groups excluding carboxylic acids is 2. The number of H-pyrrole nitrogens is 1. The first-order valence-corrected chi connectivity index (χ1v) is 8.58. The largest absolute Gasteiger partial charge is 0.469 e. The zero-order valence-corrected chi connectivity index (χ0v) is 17.1. The molecular weight excluding hydrogens is 405 g/mol. The van der Waals surface area contributed by atoms with E-state index in [0.717, 1.165) is 17.8 Å². The standard InChI is InChI=1S/C8H11NO2.C7H10N2O2.CH2Cl2.ClH/c1-11-8(10)5-4-7-3-2-6-9-7;1-11-7(10)3-2-6-4-8-5-9-6;2-1-3;/h3,6H,2,4-5H2,1H3;4-5H,2-3H2,1H3,(H,8,9);1H2;1H. The van der Waals surface area contributed by atoms with E-state index in [1.165, 1.54) is 14.2 Å². The van der Waals surface area contributed by atoms with Crippen molar-refractivity contribution in [3.05, 3.63) is 30.0 Å². The number of esters is 2. The van der Waals surface area contributed by atoms with Crippen LogP contribution in [-0.4, -0.2) is 47.7 Å². The van der Waals surface area contributed by atoms with Crippen molar-refractivity contribution in [1.82, 2.24) is 9.97 Å². The lowest BCUT2D eigenvalue weighted by molar-refractivity contribution is -0.141. The number of aromatic nitrogens is 2. The average Bonchev–Trinajstić information content (AvgIpc) is 3.32. The molecule has 0 saturated carbocycles. The van der Waals surface area contributed by atoms with Crippen LogP contribution in [0, 0.1) is 0 Å². The topological polar surface area (TPSA) is 93.6 Å². The van der Waals surface area contributed by atoms with Crippen LogP contribution in [0.3, 0.4) is 0 Å². The van der Waals surface area contributed by atoms with Gasteiger partial charge in [0.2, 0.25) is 0 Å². The third kappa shape index (κ3) is 14.7. The number of allylic oxidation sites excluding steroid dienone is 2. The van der Waals surface area contributed by atoms with Gasteiger partial charge in [0.25, 0.3) is 0 Å². The summed E-state index contributed by atoms with van der Waals surface area (Å²) in [5, 5.41) is 0.194. The summed E-state index contributed by atoms with van der Waals surface area (Å²) in [6, 6.07) is 0. The van der Waals surface area contributed by atoms with E-state index in [1.807, 2.05) is 12.3 Å². The lowest BCUT2D eigenvalue weighted by Gasteiger charge is -1.96. The number of aromatic amines is 1. The van der Waals surface area contributed by atoms with Gasteiger partial charge in [0.15, 0.2) is 0 Å². The molecule has 0 aromatic carbocycles. The van der Waals surface area contributed by atoms with Crippen LogP contribution in [0.4, 0.5) is 0 Å². The van der Waals surface area contributed by atoms with Gasteiger partial charge in [0, 0.05) is 30.2 Å². The van der Waals surface area contributed by atoms with Gasteiger partial charge < -0.3 is 14.5 Å². The van der Waals surface area contributed by atoms with Gasteiger partial charge in [-0.3, -0.25) is 14.6 Å². The normalized spacial score (nSPS) is 11.0. The quantitative estimate of drug-likeness (QED) is 0.551. The molecule has 1 aliphatic heterocycles. The first-order chi connectivity index (χ1) is 12.1. The predicted octanol–water partition coefficient (Wildman–Crippen LogP) is 3.66. The van der Waals surface area contributed by atoms with E-state index in [2.05, 4.69) is 24.4 Å². The van der Waals surface area contributed by atoms with Crippen LogP contribution in [-0.2, 0) is 25.5 Å². The van der Waals surface area contributed by atoms with Gasteiger partial charge in [-0.1, -0.05) is 6.08 Å². The van der Waals surface area contributed by atoms with E-state index in [-0.39, 0.29) is 29.7 Å². The number of hydrogen-bond donors (Lipinski definition) is 1. The Balaban J connectivity index is 0. The molecule has 7 nitrogen and oxygen atoms in total. The number of aliphatic imine (C=N–C) groups is 1. The highest BCUT2D eigenvalue weighted by molar-refractivity contribution is 6.40. The summed E-state index contributed by atoms with van der Waals surface area (Å²) in [5.74, 6) is -0.368. The molecule has 148 valence electrons. The Bertz CT molecular complexity index is 549. The molecule has 0 bridgehead atoms. The van der Waals surface area contributed by atoms with Crippen molar-refractivity contribution in [1.29, 1.82) is 0 Å². The van der Waals surface area contributed by atoms with E-state index >= 15 is 0 Å². The van der Waals surface area contributed by atoms with Crippen molar-refractivity contribution in [2.75, 3.05) is 19.6 Å². The Hall–Kier alpha value is -1.57. The van der Waals surface area contributed by atoms with Crippen LogP contribution < -0.4 is 0 Å². The molecule has 0 spiro atoms. The number of nitrogens with zero attached hydrogens (tertiary/aromatic N) is 2. The summed E-state index contributed by atoms with van der Waals surface area (Å²) in [4.78, 5) is 32.1. The molecule has 0 saturated heterocycles. The fourth-order valence-electron chi connectivity index (χ4n) is 1.67.